The van der Waals surface area contributed by atoms with Gasteiger partial charge in [-0.2, -0.15) is 0 Å². The minimum atomic E-state index is -1.56. The van der Waals surface area contributed by atoms with E-state index in [1.165, 1.54) is 12.4 Å². The molecule has 4 rings (SSSR count). The predicted octanol–water partition coefficient (Wildman–Crippen LogP) is 3.43. The summed E-state index contributed by atoms with van der Waals surface area (Å²) in [5.74, 6) is -1.09. The number of Topliss-reactive ketones (excluding diaryl/α,β-unsaturated/α-hetero) is 2. The Morgan fingerprint density at radius 2 is 1.37 bits per heavy atom. The van der Waals surface area contributed by atoms with Gasteiger partial charge in [-0.25, -0.2) is 0 Å². The predicted molar refractivity (Wildman–Crippen MR) is 101 cm³/mol. The number of nitrogens with zero attached hydrogens (tertiary/aromatic N) is 1. The first-order valence-electron chi connectivity index (χ1n) is 8.57. The van der Waals surface area contributed by atoms with E-state index in [0.717, 1.165) is 0 Å². The molecule has 27 heavy (non-hydrogen) atoms. The number of hydrogen-bond acceptors (Lipinski definition) is 4. The summed E-state index contributed by atoms with van der Waals surface area (Å²) in [5, 5.41) is 2.77. The van der Waals surface area contributed by atoms with Crippen LogP contribution in [-0.2, 0) is 10.2 Å². The Morgan fingerprint density at radius 1 is 0.815 bits per heavy atom. The summed E-state index contributed by atoms with van der Waals surface area (Å²) in [6.45, 7) is 0. The van der Waals surface area contributed by atoms with Gasteiger partial charge in [-0.15, -0.1) is 0 Å². The topological polar surface area (TPSA) is 76.1 Å². The number of benzene rings is 2. The van der Waals surface area contributed by atoms with Crippen molar-refractivity contribution in [1.82, 2.24) is 4.98 Å². The number of carbonyl (C=O) groups excluding carboxylic acids is 3. The van der Waals surface area contributed by atoms with Gasteiger partial charge in [0.25, 0.3) is 0 Å². The van der Waals surface area contributed by atoms with Gasteiger partial charge in [0.15, 0.2) is 11.6 Å². The normalized spacial score (nSPS) is 14.7. The maximum atomic E-state index is 13.3. The lowest BCUT2D eigenvalue weighted by molar-refractivity contribution is -0.116. The average Bonchev–Trinajstić information content (AvgIpc) is 2.92. The second kappa shape index (κ2) is 6.61. The molecule has 132 valence electrons. The highest BCUT2D eigenvalue weighted by molar-refractivity contribution is 6.34. The number of hydrogen-bond donors (Lipinski definition) is 1. The molecule has 0 radical (unpaired) electrons. The van der Waals surface area contributed by atoms with Crippen molar-refractivity contribution in [3.05, 3.63) is 95.8 Å². The van der Waals surface area contributed by atoms with Gasteiger partial charge in [0, 0.05) is 29.2 Å². The van der Waals surface area contributed by atoms with E-state index < -0.39 is 11.3 Å². The lowest BCUT2D eigenvalue weighted by atomic mass is 9.73. The van der Waals surface area contributed by atoms with Crippen LogP contribution < -0.4 is 5.32 Å². The van der Waals surface area contributed by atoms with Crippen molar-refractivity contribution >= 4 is 23.2 Å². The standard InChI is InChI=1S/C22H16N2O3/c25-19(24-16-6-2-1-3-7-16)14-22(15-10-12-23-13-11-15)20(26)17-8-4-5-9-18(17)21(22)27/h1-13H,14H2,(H,24,25). The molecule has 0 saturated carbocycles. The van der Waals surface area contributed by atoms with Crippen molar-refractivity contribution in [3.63, 3.8) is 0 Å². The zero-order valence-corrected chi connectivity index (χ0v) is 14.4. The number of amides is 1. The summed E-state index contributed by atoms with van der Waals surface area (Å²) in [6, 6.07) is 18.9. The summed E-state index contributed by atoms with van der Waals surface area (Å²) in [6.07, 6.45) is 2.78. The van der Waals surface area contributed by atoms with Crippen molar-refractivity contribution in [1.29, 1.82) is 0 Å². The number of nitrogens with one attached hydrogen (secondary N) is 1. The van der Waals surface area contributed by atoms with Crippen molar-refractivity contribution < 1.29 is 14.4 Å². The maximum Gasteiger partial charge on any atom is 0.226 e. The summed E-state index contributed by atoms with van der Waals surface area (Å²) in [7, 11) is 0. The summed E-state index contributed by atoms with van der Waals surface area (Å²) >= 11 is 0. The third-order valence-corrected chi connectivity index (χ3v) is 4.85. The van der Waals surface area contributed by atoms with Crippen LogP contribution in [0.1, 0.15) is 32.7 Å². The number of pyridine rings is 1. The summed E-state index contributed by atoms with van der Waals surface area (Å²) < 4.78 is 0. The molecule has 5 nitrogen and oxygen atoms in total. The third kappa shape index (κ3) is 2.73. The number of carbonyl (C=O) groups is 3. The number of fused-ring (bicyclic) bond motifs is 1. The quantitative estimate of drug-likeness (QED) is 0.727. The Kier molecular flexibility index (Phi) is 4.12. The Hall–Kier alpha value is -3.60. The molecular formula is C22H16N2O3. The second-order valence-corrected chi connectivity index (χ2v) is 6.44. The van der Waals surface area contributed by atoms with Crippen molar-refractivity contribution in [3.8, 4) is 0 Å². The monoisotopic (exact) mass is 356 g/mol. The van der Waals surface area contributed by atoms with Crippen LogP contribution in [0.4, 0.5) is 5.69 Å². The van der Waals surface area contributed by atoms with Gasteiger partial charge in [0.2, 0.25) is 5.91 Å². The summed E-state index contributed by atoms with van der Waals surface area (Å²) in [5.41, 5.74) is 0.235. The van der Waals surface area contributed by atoms with E-state index in [-0.39, 0.29) is 18.0 Å². The SMILES string of the molecule is O=C(CC1(c2ccncc2)C(=O)c2ccccc2C1=O)Nc1ccccc1. The highest BCUT2D eigenvalue weighted by atomic mass is 16.2. The molecule has 0 fully saturated rings. The van der Waals surface area contributed by atoms with E-state index in [1.807, 2.05) is 6.07 Å². The van der Waals surface area contributed by atoms with Gasteiger partial charge in [-0.1, -0.05) is 42.5 Å². The maximum absolute atomic E-state index is 13.3. The molecular weight excluding hydrogens is 340 g/mol. The van der Waals surface area contributed by atoms with Crippen LogP contribution in [0.25, 0.3) is 0 Å². The van der Waals surface area contributed by atoms with Gasteiger partial charge in [0.1, 0.15) is 5.41 Å². The van der Waals surface area contributed by atoms with Gasteiger partial charge < -0.3 is 5.32 Å². The molecule has 0 bridgehead atoms. The Bertz CT molecular complexity index is 995. The molecule has 1 N–H and O–H groups in total. The largest absolute Gasteiger partial charge is 0.326 e. The molecule has 1 aromatic heterocycles. The molecule has 0 spiro atoms. The molecule has 2 aromatic carbocycles. The fourth-order valence-electron chi connectivity index (χ4n) is 3.57. The van der Waals surface area contributed by atoms with Crippen LogP contribution >= 0.6 is 0 Å². The Labute approximate surface area is 156 Å². The van der Waals surface area contributed by atoms with Crippen LogP contribution in [0.3, 0.4) is 0 Å². The van der Waals surface area contributed by atoms with Crippen LogP contribution in [-0.4, -0.2) is 22.5 Å². The van der Waals surface area contributed by atoms with Crippen LogP contribution in [0.2, 0.25) is 0 Å². The fraction of sp³-hybridized carbons (Fsp3) is 0.0909. The van der Waals surface area contributed by atoms with Gasteiger partial charge in [-0.3, -0.25) is 19.4 Å². The van der Waals surface area contributed by atoms with Gasteiger partial charge >= 0.3 is 0 Å². The molecule has 1 amide bonds. The van der Waals surface area contributed by atoms with Crippen LogP contribution in [0.5, 0.6) is 0 Å². The summed E-state index contributed by atoms with van der Waals surface area (Å²) in [4.78, 5) is 43.3. The molecule has 1 aliphatic carbocycles. The van der Waals surface area contributed by atoms with E-state index in [1.54, 1.807) is 60.7 Å². The number of aromatic nitrogens is 1. The molecule has 0 unspecified atom stereocenters. The van der Waals surface area contributed by atoms with Crippen molar-refractivity contribution in [2.24, 2.45) is 0 Å². The number of rotatable bonds is 4. The molecule has 1 aliphatic rings. The molecule has 1 heterocycles. The van der Waals surface area contributed by atoms with Crippen molar-refractivity contribution in [2.45, 2.75) is 11.8 Å². The number of para-hydroxylation sites is 1. The highest BCUT2D eigenvalue weighted by Crippen LogP contribution is 2.42. The van der Waals surface area contributed by atoms with E-state index in [2.05, 4.69) is 10.3 Å². The number of anilines is 1. The first kappa shape index (κ1) is 16.8. The van der Waals surface area contributed by atoms with E-state index >= 15 is 0 Å². The lowest BCUT2D eigenvalue weighted by Gasteiger charge is -2.25. The zero-order valence-electron chi connectivity index (χ0n) is 14.4. The molecule has 5 heteroatoms. The van der Waals surface area contributed by atoms with E-state index in [0.29, 0.717) is 22.4 Å². The van der Waals surface area contributed by atoms with Gasteiger partial charge in [-0.05, 0) is 29.8 Å². The smallest absolute Gasteiger partial charge is 0.226 e. The molecule has 0 saturated heterocycles. The average molecular weight is 356 g/mol. The first-order chi connectivity index (χ1) is 13.1. The second-order valence-electron chi connectivity index (χ2n) is 6.44. The first-order valence-corrected chi connectivity index (χ1v) is 8.57. The lowest BCUT2D eigenvalue weighted by Crippen LogP contribution is -2.42. The van der Waals surface area contributed by atoms with Gasteiger partial charge in [0.05, 0.1) is 6.42 Å². The van der Waals surface area contributed by atoms with Crippen LogP contribution in [0.15, 0.2) is 79.1 Å². The molecule has 3 aromatic rings. The molecule has 0 atom stereocenters. The highest BCUT2D eigenvalue weighted by Gasteiger charge is 2.55. The third-order valence-electron chi connectivity index (χ3n) is 4.85. The van der Waals surface area contributed by atoms with E-state index in [4.69, 9.17) is 0 Å². The molecule has 0 aliphatic heterocycles. The van der Waals surface area contributed by atoms with Crippen molar-refractivity contribution in [2.75, 3.05) is 5.32 Å². The minimum absolute atomic E-state index is 0.266. The van der Waals surface area contributed by atoms with Crippen LogP contribution in [0, 0.1) is 0 Å². The minimum Gasteiger partial charge on any atom is -0.326 e. The zero-order chi connectivity index (χ0) is 18.9. The Balaban J connectivity index is 1.77. The van der Waals surface area contributed by atoms with E-state index in [9.17, 15) is 14.4 Å². The number of ketones is 2. The fourth-order valence-corrected chi connectivity index (χ4v) is 3.57. The Morgan fingerprint density at radius 3 is 1.96 bits per heavy atom.